The van der Waals surface area contributed by atoms with E-state index in [1.807, 2.05) is 30.3 Å². The molecule has 0 aliphatic rings. The third kappa shape index (κ3) is 3.38. The van der Waals surface area contributed by atoms with Crippen LogP contribution in [0.3, 0.4) is 0 Å². The lowest BCUT2D eigenvalue weighted by molar-refractivity contribution is -0.115. The molecule has 4 nitrogen and oxygen atoms in total. The minimum Gasteiger partial charge on any atom is -0.369 e. The number of hydrogen-bond acceptors (Lipinski definition) is 3. The van der Waals surface area contributed by atoms with Crippen molar-refractivity contribution in [2.75, 3.05) is 5.75 Å². The topological polar surface area (TPSA) is 71.8 Å². The van der Waals surface area contributed by atoms with Gasteiger partial charge in [0.1, 0.15) is 0 Å². The fourth-order valence-electron chi connectivity index (χ4n) is 2.18. The maximum Gasteiger partial charge on any atom is 0.227 e. The molecule has 1 aromatic heterocycles. The highest BCUT2D eigenvalue weighted by atomic mass is 32.2. The molecule has 110 valence electrons. The summed E-state index contributed by atoms with van der Waals surface area (Å²) in [5, 5.41) is 6.95. The third-order valence-corrected chi connectivity index (χ3v) is 4.28. The molecule has 0 radical (unpaired) electrons. The highest BCUT2D eigenvalue weighted by molar-refractivity contribution is 8.00. The molecule has 0 bridgehead atoms. The van der Waals surface area contributed by atoms with E-state index < -0.39 is 0 Å². The van der Waals surface area contributed by atoms with Crippen LogP contribution in [0.1, 0.15) is 0 Å². The van der Waals surface area contributed by atoms with E-state index in [0.717, 1.165) is 27.3 Å². The van der Waals surface area contributed by atoms with E-state index in [9.17, 15) is 4.79 Å². The van der Waals surface area contributed by atoms with Crippen molar-refractivity contribution in [1.29, 1.82) is 0 Å². The molecule has 0 saturated carbocycles. The van der Waals surface area contributed by atoms with E-state index in [4.69, 9.17) is 5.73 Å². The predicted molar refractivity (Wildman–Crippen MR) is 89.4 cm³/mol. The number of thioether (sulfide) groups is 1. The van der Waals surface area contributed by atoms with Gasteiger partial charge in [-0.25, -0.2) is 0 Å². The van der Waals surface area contributed by atoms with Gasteiger partial charge in [0, 0.05) is 16.7 Å². The van der Waals surface area contributed by atoms with Gasteiger partial charge in [0.25, 0.3) is 0 Å². The van der Waals surface area contributed by atoms with Crippen LogP contribution in [-0.4, -0.2) is 21.9 Å². The summed E-state index contributed by atoms with van der Waals surface area (Å²) >= 11 is 1.45. The highest BCUT2D eigenvalue weighted by Crippen LogP contribution is 2.27. The Kier molecular flexibility index (Phi) is 4.25. The molecule has 5 heteroatoms. The van der Waals surface area contributed by atoms with Gasteiger partial charge in [0.15, 0.2) is 0 Å². The molecule has 0 atom stereocenters. The molecule has 1 heterocycles. The molecule has 0 saturated heterocycles. The lowest BCUT2D eigenvalue weighted by atomic mass is 10.0. The van der Waals surface area contributed by atoms with Gasteiger partial charge in [0.05, 0.1) is 11.4 Å². The molecule has 0 aliphatic heterocycles. The van der Waals surface area contributed by atoms with Crippen molar-refractivity contribution in [3.63, 3.8) is 0 Å². The van der Waals surface area contributed by atoms with Crippen LogP contribution in [0, 0.1) is 0 Å². The van der Waals surface area contributed by atoms with Crippen molar-refractivity contribution >= 4 is 17.7 Å². The fourth-order valence-corrected chi connectivity index (χ4v) is 2.82. The normalized spacial score (nSPS) is 10.5. The summed E-state index contributed by atoms with van der Waals surface area (Å²) < 4.78 is 0. The minimum atomic E-state index is -0.304. The Labute approximate surface area is 132 Å². The maximum absolute atomic E-state index is 10.8. The molecule has 2 aromatic carbocycles. The first kappa shape index (κ1) is 14.4. The molecule has 22 heavy (non-hydrogen) atoms. The lowest BCUT2D eigenvalue weighted by Gasteiger charge is -2.06. The predicted octanol–water partition coefficient (Wildman–Crippen LogP) is 3.32. The lowest BCUT2D eigenvalue weighted by Crippen LogP contribution is -2.12. The number of amides is 1. The Morgan fingerprint density at radius 3 is 2.50 bits per heavy atom. The summed E-state index contributed by atoms with van der Waals surface area (Å²) in [6.07, 6.45) is 1.74. The van der Waals surface area contributed by atoms with Crippen molar-refractivity contribution in [3.05, 3.63) is 60.8 Å². The minimum absolute atomic E-state index is 0.300. The van der Waals surface area contributed by atoms with Crippen LogP contribution in [0.4, 0.5) is 0 Å². The van der Waals surface area contributed by atoms with Crippen molar-refractivity contribution < 1.29 is 4.79 Å². The number of carbonyl (C=O) groups is 1. The SMILES string of the molecule is NC(=O)CSc1ccc(-c2cccc(-c3ccn[nH]3)c2)cc1. The Morgan fingerprint density at radius 2 is 1.82 bits per heavy atom. The molecule has 3 aromatic rings. The number of primary amides is 1. The van der Waals surface area contributed by atoms with E-state index in [1.54, 1.807) is 6.20 Å². The van der Waals surface area contributed by atoms with Gasteiger partial charge in [-0.15, -0.1) is 11.8 Å². The zero-order valence-electron chi connectivity index (χ0n) is 11.8. The largest absolute Gasteiger partial charge is 0.369 e. The molecular weight excluding hydrogens is 294 g/mol. The number of nitrogens with two attached hydrogens (primary N) is 1. The zero-order valence-corrected chi connectivity index (χ0v) is 12.6. The van der Waals surface area contributed by atoms with E-state index in [1.165, 1.54) is 11.8 Å². The molecule has 3 rings (SSSR count). The van der Waals surface area contributed by atoms with Crippen LogP contribution in [0.2, 0.25) is 0 Å². The van der Waals surface area contributed by atoms with E-state index in [0.29, 0.717) is 5.75 Å². The van der Waals surface area contributed by atoms with Gasteiger partial charge in [-0.1, -0.05) is 30.3 Å². The second-order valence-electron chi connectivity index (χ2n) is 4.83. The molecule has 0 aliphatic carbocycles. The third-order valence-electron chi connectivity index (χ3n) is 3.24. The number of rotatable bonds is 5. The van der Waals surface area contributed by atoms with Crippen LogP contribution in [0.5, 0.6) is 0 Å². The van der Waals surface area contributed by atoms with Crippen LogP contribution < -0.4 is 5.73 Å². The molecule has 3 N–H and O–H groups in total. The number of H-pyrrole nitrogens is 1. The van der Waals surface area contributed by atoms with Gasteiger partial charge in [-0.2, -0.15) is 5.10 Å². The van der Waals surface area contributed by atoms with Crippen molar-refractivity contribution in [1.82, 2.24) is 10.2 Å². The summed E-state index contributed by atoms with van der Waals surface area (Å²) in [5.41, 5.74) is 9.52. The van der Waals surface area contributed by atoms with E-state index in [-0.39, 0.29) is 5.91 Å². The molecule has 0 unspecified atom stereocenters. The van der Waals surface area contributed by atoms with Crippen LogP contribution in [0.15, 0.2) is 65.7 Å². The Bertz CT molecular complexity index is 767. The molecule has 0 fully saturated rings. The second-order valence-corrected chi connectivity index (χ2v) is 5.88. The average Bonchev–Trinajstić information content (AvgIpc) is 3.08. The standard InChI is InChI=1S/C17H15N3OS/c18-17(21)11-22-15-6-4-12(5-7-15)13-2-1-3-14(10-13)16-8-9-19-20-16/h1-10H,11H2,(H2,18,21)(H,19,20). The number of nitrogens with zero attached hydrogens (tertiary/aromatic N) is 1. The van der Waals surface area contributed by atoms with Gasteiger partial charge in [-0.3, -0.25) is 9.89 Å². The average molecular weight is 309 g/mol. The number of aromatic nitrogens is 2. The first-order valence-corrected chi connectivity index (χ1v) is 7.82. The molecular formula is C17H15N3OS. The van der Waals surface area contributed by atoms with Crippen molar-refractivity contribution in [2.45, 2.75) is 4.90 Å². The zero-order chi connectivity index (χ0) is 15.4. The van der Waals surface area contributed by atoms with Crippen LogP contribution in [-0.2, 0) is 4.79 Å². The number of aromatic amines is 1. The highest BCUT2D eigenvalue weighted by Gasteiger charge is 2.03. The number of benzene rings is 2. The maximum atomic E-state index is 10.8. The Hall–Kier alpha value is -2.53. The van der Waals surface area contributed by atoms with E-state index in [2.05, 4.69) is 34.5 Å². The Balaban J connectivity index is 1.82. The van der Waals surface area contributed by atoms with Crippen LogP contribution in [0.25, 0.3) is 22.4 Å². The number of hydrogen-bond donors (Lipinski definition) is 2. The van der Waals surface area contributed by atoms with E-state index >= 15 is 0 Å². The number of carbonyl (C=O) groups excluding carboxylic acids is 1. The van der Waals surface area contributed by atoms with Gasteiger partial charge >= 0.3 is 0 Å². The van der Waals surface area contributed by atoms with Crippen molar-refractivity contribution in [3.8, 4) is 22.4 Å². The van der Waals surface area contributed by atoms with Crippen LogP contribution >= 0.6 is 11.8 Å². The summed E-state index contributed by atoms with van der Waals surface area (Å²) in [5.74, 6) is -0.00407. The summed E-state index contributed by atoms with van der Waals surface area (Å²) in [6.45, 7) is 0. The molecule has 1 amide bonds. The summed E-state index contributed by atoms with van der Waals surface area (Å²) in [6, 6.07) is 18.3. The van der Waals surface area contributed by atoms with Gasteiger partial charge < -0.3 is 5.73 Å². The summed E-state index contributed by atoms with van der Waals surface area (Å²) in [4.78, 5) is 11.8. The second kappa shape index (κ2) is 6.49. The Morgan fingerprint density at radius 1 is 1.05 bits per heavy atom. The monoisotopic (exact) mass is 309 g/mol. The van der Waals surface area contributed by atoms with Gasteiger partial charge in [0.2, 0.25) is 5.91 Å². The fraction of sp³-hybridized carbons (Fsp3) is 0.0588. The van der Waals surface area contributed by atoms with Gasteiger partial charge in [-0.05, 0) is 35.4 Å². The smallest absolute Gasteiger partial charge is 0.227 e. The molecule has 0 spiro atoms. The number of nitrogens with one attached hydrogen (secondary N) is 1. The van der Waals surface area contributed by atoms with Crippen molar-refractivity contribution in [2.24, 2.45) is 5.73 Å². The first-order valence-electron chi connectivity index (χ1n) is 6.84. The first-order chi connectivity index (χ1) is 10.7. The summed E-state index contributed by atoms with van der Waals surface area (Å²) in [7, 11) is 0. The quantitative estimate of drug-likeness (QED) is 0.710.